The summed E-state index contributed by atoms with van der Waals surface area (Å²) in [6.07, 6.45) is 3.26. The number of benzene rings is 1. The highest BCUT2D eigenvalue weighted by Crippen LogP contribution is 2.29. The molecule has 1 saturated heterocycles. The molecule has 0 bridgehead atoms. The van der Waals surface area contributed by atoms with E-state index < -0.39 is 0 Å². The van der Waals surface area contributed by atoms with Crippen LogP contribution in [0.4, 0.5) is 4.79 Å². The van der Waals surface area contributed by atoms with Gasteiger partial charge in [0.2, 0.25) is 5.91 Å². The molecule has 2 N–H and O–H groups in total. The van der Waals surface area contributed by atoms with Gasteiger partial charge in [0, 0.05) is 19.1 Å². The Morgan fingerprint density at radius 1 is 1.43 bits per heavy atom. The van der Waals surface area contributed by atoms with Crippen molar-refractivity contribution < 1.29 is 9.59 Å². The number of aryl methyl sites for hydroxylation is 1. The summed E-state index contributed by atoms with van der Waals surface area (Å²) < 4.78 is 0. The molecule has 1 aromatic carbocycles. The van der Waals surface area contributed by atoms with Gasteiger partial charge in [-0.2, -0.15) is 0 Å². The summed E-state index contributed by atoms with van der Waals surface area (Å²) in [6, 6.07) is 7.95. The van der Waals surface area contributed by atoms with Gasteiger partial charge in [0.25, 0.3) is 0 Å². The van der Waals surface area contributed by atoms with Crippen LogP contribution in [-0.2, 0) is 11.2 Å². The third-order valence-corrected chi connectivity index (χ3v) is 4.31. The third-order valence-electron chi connectivity index (χ3n) is 4.31. The molecule has 0 radical (unpaired) electrons. The monoisotopic (exact) mass is 287 g/mol. The van der Waals surface area contributed by atoms with E-state index in [1.54, 1.807) is 0 Å². The molecule has 0 spiro atoms. The van der Waals surface area contributed by atoms with Crippen LogP contribution >= 0.6 is 0 Å². The van der Waals surface area contributed by atoms with Gasteiger partial charge in [0.1, 0.15) is 0 Å². The van der Waals surface area contributed by atoms with Crippen molar-refractivity contribution in [3.05, 3.63) is 35.4 Å². The largest absolute Gasteiger partial charge is 0.336 e. The normalized spacial score (nSPS) is 22.6. The molecule has 5 heteroatoms. The van der Waals surface area contributed by atoms with Gasteiger partial charge < -0.3 is 5.32 Å². The number of nitrogens with one attached hydrogen (secondary N) is 2. The summed E-state index contributed by atoms with van der Waals surface area (Å²) in [7, 11) is 0. The van der Waals surface area contributed by atoms with Crippen molar-refractivity contribution in [3.8, 4) is 0 Å². The van der Waals surface area contributed by atoms with Gasteiger partial charge in [-0.05, 0) is 37.3 Å². The lowest BCUT2D eigenvalue weighted by molar-refractivity contribution is -0.129. The van der Waals surface area contributed by atoms with Crippen molar-refractivity contribution in [2.24, 2.45) is 0 Å². The second kappa shape index (κ2) is 5.85. The summed E-state index contributed by atoms with van der Waals surface area (Å²) in [4.78, 5) is 25.2. The zero-order valence-corrected chi connectivity index (χ0v) is 12.3. The average Bonchev–Trinajstić information content (AvgIpc) is 2.93. The van der Waals surface area contributed by atoms with Gasteiger partial charge in [-0.25, -0.2) is 4.79 Å². The lowest BCUT2D eigenvalue weighted by Gasteiger charge is -2.29. The maximum atomic E-state index is 12.3. The maximum Gasteiger partial charge on any atom is 0.324 e. The minimum atomic E-state index is -0.356. The molecule has 0 saturated carbocycles. The van der Waals surface area contributed by atoms with Gasteiger partial charge >= 0.3 is 6.03 Å². The molecule has 1 aromatic rings. The van der Waals surface area contributed by atoms with Crippen LogP contribution in [0.25, 0.3) is 0 Å². The first-order valence-corrected chi connectivity index (χ1v) is 7.60. The van der Waals surface area contributed by atoms with E-state index in [9.17, 15) is 9.59 Å². The number of imide groups is 1. The number of amides is 3. The quantitative estimate of drug-likeness (QED) is 0.887. The van der Waals surface area contributed by atoms with E-state index in [1.807, 2.05) is 13.0 Å². The zero-order chi connectivity index (χ0) is 14.8. The standard InChI is InChI=1S/C16H21N3O2/c1-11(15(20)19-10-9-17-16(19)21)18-14-8-4-6-12-5-2-3-7-13(12)14/h2-3,5,7,11,14,18H,4,6,8-10H2,1H3,(H,17,21)/t11-,14+/m1/s1. The molecule has 1 aliphatic carbocycles. The molecule has 0 unspecified atom stereocenters. The number of urea groups is 1. The highest BCUT2D eigenvalue weighted by atomic mass is 16.2. The number of hydrogen-bond donors (Lipinski definition) is 2. The Labute approximate surface area is 124 Å². The fraction of sp³-hybridized carbons (Fsp3) is 0.500. The summed E-state index contributed by atoms with van der Waals surface area (Å²) in [5, 5.41) is 6.06. The van der Waals surface area contributed by atoms with Crippen LogP contribution in [0, 0.1) is 0 Å². The fourth-order valence-corrected chi connectivity index (χ4v) is 3.22. The summed E-state index contributed by atoms with van der Waals surface area (Å²) in [6.45, 7) is 2.85. The molecule has 1 fully saturated rings. The first kappa shape index (κ1) is 14.1. The Balaban J connectivity index is 1.69. The molecule has 5 nitrogen and oxygen atoms in total. The highest BCUT2D eigenvalue weighted by Gasteiger charge is 2.31. The third kappa shape index (κ3) is 2.78. The molecule has 2 aliphatic rings. The Morgan fingerprint density at radius 3 is 3.00 bits per heavy atom. The van der Waals surface area contributed by atoms with Crippen molar-refractivity contribution in [1.29, 1.82) is 0 Å². The first-order chi connectivity index (χ1) is 10.2. The number of hydrogen-bond acceptors (Lipinski definition) is 3. The second-order valence-corrected chi connectivity index (χ2v) is 5.75. The predicted molar refractivity (Wildman–Crippen MR) is 79.8 cm³/mol. The van der Waals surface area contributed by atoms with Crippen LogP contribution < -0.4 is 10.6 Å². The maximum absolute atomic E-state index is 12.3. The topological polar surface area (TPSA) is 61.4 Å². The number of rotatable bonds is 3. The Bertz CT molecular complexity index is 558. The highest BCUT2D eigenvalue weighted by molar-refractivity contribution is 5.98. The van der Waals surface area contributed by atoms with Crippen LogP contribution in [-0.4, -0.2) is 36.0 Å². The van der Waals surface area contributed by atoms with Crippen LogP contribution in [0.15, 0.2) is 24.3 Å². The predicted octanol–water partition coefficient (Wildman–Crippen LogP) is 1.59. The molecule has 1 aliphatic heterocycles. The Kier molecular flexibility index (Phi) is 3.92. The molecular formula is C16H21N3O2. The minimum Gasteiger partial charge on any atom is -0.336 e. The van der Waals surface area contributed by atoms with Crippen molar-refractivity contribution in [2.75, 3.05) is 13.1 Å². The molecule has 21 heavy (non-hydrogen) atoms. The van der Waals surface area contributed by atoms with Crippen molar-refractivity contribution in [3.63, 3.8) is 0 Å². The lowest BCUT2D eigenvalue weighted by atomic mass is 9.87. The van der Waals surface area contributed by atoms with Crippen molar-refractivity contribution >= 4 is 11.9 Å². The van der Waals surface area contributed by atoms with E-state index in [0.717, 1.165) is 19.3 Å². The summed E-state index contributed by atoms with van der Waals surface area (Å²) in [5.74, 6) is -0.145. The number of nitrogens with zero attached hydrogens (tertiary/aromatic N) is 1. The van der Waals surface area contributed by atoms with Crippen LogP contribution in [0.1, 0.15) is 36.9 Å². The summed E-state index contributed by atoms with van der Waals surface area (Å²) in [5.41, 5.74) is 2.65. The summed E-state index contributed by atoms with van der Waals surface area (Å²) >= 11 is 0. The number of carbonyl (C=O) groups is 2. The van der Waals surface area contributed by atoms with E-state index in [4.69, 9.17) is 0 Å². The second-order valence-electron chi connectivity index (χ2n) is 5.75. The van der Waals surface area contributed by atoms with Gasteiger partial charge in [-0.3, -0.25) is 15.0 Å². The Morgan fingerprint density at radius 2 is 2.24 bits per heavy atom. The van der Waals surface area contributed by atoms with Crippen LogP contribution in [0.2, 0.25) is 0 Å². The smallest absolute Gasteiger partial charge is 0.324 e. The lowest BCUT2D eigenvalue weighted by Crippen LogP contribution is -2.47. The number of carbonyl (C=O) groups excluding carboxylic acids is 2. The van der Waals surface area contributed by atoms with Crippen LogP contribution in [0.3, 0.4) is 0 Å². The molecule has 2 atom stereocenters. The van der Waals surface area contributed by atoms with Gasteiger partial charge in [0.15, 0.2) is 0 Å². The molecular weight excluding hydrogens is 266 g/mol. The van der Waals surface area contributed by atoms with E-state index in [2.05, 4.69) is 28.8 Å². The van der Waals surface area contributed by atoms with Gasteiger partial charge in [-0.15, -0.1) is 0 Å². The number of fused-ring (bicyclic) bond motifs is 1. The zero-order valence-electron chi connectivity index (χ0n) is 12.3. The van der Waals surface area contributed by atoms with E-state index in [-0.39, 0.29) is 24.0 Å². The molecule has 3 amide bonds. The van der Waals surface area contributed by atoms with E-state index in [0.29, 0.717) is 13.1 Å². The van der Waals surface area contributed by atoms with E-state index >= 15 is 0 Å². The average molecular weight is 287 g/mol. The van der Waals surface area contributed by atoms with Gasteiger partial charge in [-0.1, -0.05) is 24.3 Å². The fourth-order valence-electron chi connectivity index (χ4n) is 3.22. The van der Waals surface area contributed by atoms with Crippen LogP contribution in [0.5, 0.6) is 0 Å². The Hall–Kier alpha value is -1.88. The van der Waals surface area contributed by atoms with E-state index in [1.165, 1.54) is 16.0 Å². The molecule has 3 rings (SSSR count). The molecule has 112 valence electrons. The molecule has 1 heterocycles. The van der Waals surface area contributed by atoms with Gasteiger partial charge in [0.05, 0.1) is 6.04 Å². The van der Waals surface area contributed by atoms with Crippen molar-refractivity contribution in [2.45, 2.75) is 38.3 Å². The minimum absolute atomic E-state index is 0.145. The molecule has 0 aromatic heterocycles. The first-order valence-electron chi connectivity index (χ1n) is 7.60. The van der Waals surface area contributed by atoms with Crippen molar-refractivity contribution in [1.82, 2.24) is 15.5 Å². The SMILES string of the molecule is C[C@@H](N[C@H]1CCCc2ccccc21)C(=O)N1CCNC1=O.